The van der Waals surface area contributed by atoms with Crippen LogP contribution in [0.3, 0.4) is 0 Å². The van der Waals surface area contributed by atoms with Crippen molar-refractivity contribution in [3.63, 3.8) is 0 Å². The minimum Gasteiger partial charge on any atom is -0.497 e. The van der Waals surface area contributed by atoms with Crippen molar-refractivity contribution in [2.45, 2.75) is 19.4 Å². The Kier molecular flexibility index (Phi) is 7.33. The molecule has 2 aromatic rings. The summed E-state index contributed by atoms with van der Waals surface area (Å²) in [6.07, 6.45) is 0.790. The second-order valence-corrected chi connectivity index (χ2v) is 7.90. The highest BCUT2D eigenvalue weighted by molar-refractivity contribution is 5.94. The highest BCUT2D eigenvalue weighted by atomic mass is 16.5. The van der Waals surface area contributed by atoms with E-state index in [4.69, 9.17) is 14.0 Å². The van der Waals surface area contributed by atoms with Crippen molar-refractivity contribution >= 4 is 11.8 Å². The zero-order valence-corrected chi connectivity index (χ0v) is 18.4. The molecule has 2 fully saturated rings. The Labute approximate surface area is 187 Å². The lowest BCUT2D eigenvalue weighted by Gasteiger charge is -2.34. The van der Waals surface area contributed by atoms with Gasteiger partial charge in [0, 0.05) is 57.7 Å². The molecule has 1 aromatic heterocycles. The molecule has 2 aliphatic heterocycles. The van der Waals surface area contributed by atoms with Crippen molar-refractivity contribution in [1.29, 1.82) is 0 Å². The second-order valence-electron chi connectivity index (χ2n) is 7.90. The molecule has 10 heteroatoms. The molecule has 0 aliphatic carbocycles. The topological polar surface area (TPSA) is 101 Å². The van der Waals surface area contributed by atoms with Crippen LogP contribution in [0.4, 0.5) is 0 Å². The normalized spacial score (nSPS) is 17.4. The first-order valence-corrected chi connectivity index (χ1v) is 10.9. The summed E-state index contributed by atoms with van der Waals surface area (Å²) in [7, 11) is 1.59. The van der Waals surface area contributed by atoms with E-state index in [0.717, 1.165) is 13.1 Å². The van der Waals surface area contributed by atoms with Crippen LogP contribution in [0.15, 0.2) is 28.8 Å². The van der Waals surface area contributed by atoms with Crippen LogP contribution in [0.5, 0.6) is 5.75 Å². The number of aryl methyl sites for hydroxylation is 1. The van der Waals surface area contributed by atoms with Crippen LogP contribution in [-0.4, -0.2) is 96.2 Å². The summed E-state index contributed by atoms with van der Waals surface area (Å²) < 4.78 is 15.8. The molecule has 0 unspecified atom stereocenters. The molecular formula is C22H29N5O5. The number of amides is 2. The van der Waals surface area contributed by atoms with Gasteiger partial charge in [-0.2, -0.15) is 4.98 Å². The predicted molar refractivity (Wildman–Crippen MR) is 114 cm³/mol. The van der Waals surface area contributed by atoms with E-state index in [1.54, 1.807) is 13.2 Å². The lowest BCUT2D eigenvalue weighted by atomic mass is 10.1. The number of ether oxygens (including phenoxy) is 2. The molecule has 172 valence electrons. The third-order valence-electron chi connectivity index (χ3n) is 5.77. The Morgan fingerprint density at radius 3 is 2.59 bits per heavy atom. The van der Waals surface area contributed by atoms with E-state index in [1.165, 1.54) is 0 Å². The number of rotatable bonds is 7. The number of methoxy groups -OCH3 is 1. The van der Waals surface area contributed by atoms with Crippen molar-refractivity contribution < 1.29 is 23.6 Å². The molecule has 0 N–H and O–H groups in total. The van der Waals surface area contributed by atoms with Gasteiger partial charge in [0.1, 0.15) is 5.75 Å². The Morgan fingerprint density at radius 2 is 1.84 bits per heavy atom. The molecule has 2 saturated heterocycles. The first kappa shape index (κ1) is 22.2. The fraction of sp³-hybridized carbons (Fsp3) is 0.545. The van der Waals surface area contributed by atoms with Crippen molar-refractivity contribution in [2.75, 3.05) is 59.6 Å². The first-order chi connectivity index (χ1) is 15.6. The second kappa shape index (κ2) is 10.6. The van der Waals surface area contributed by atoms with E-state index in [-0.39, 0.29) is 11.8 Å². The van der Waals surface area contributed by atoms with Crippen LogP contribution in [-0.2, 0) is 22.5 Å². The number of morpholine rings is 1. The standard InChI is InChI=1S/C22H29N5O5/c1-30-18-4-2-3-17(15-18)22(29)27-9-7-25(8-10-27)16-19-23-20(32-24-19)5-6-21(28)26-11-13-31-14-12-26/h2-4,15H,5-14,16H2,1H3. The molecule has 4 rings (SSSR count). The summed E-state index contributed by atoms with van der Waals surface area (Å²) in [5.41, 5.74) is 0.632. The maximum absolute atomic E-state index is 12.8. The van der Waals surface area contributed by atoms with Crippen LogP contribution in [0.25, 0.3) is 0 Å². The lowest BCUT2D eigenvalue weighted by Crippen LogP contribution is -2.48. The monoisotopic (exact) mass is 443 g/mol. The van der Waals surface area contributed by atoms with Gasteiger partial charge in [-0.3, -0.25) is 14.5 Å². The van der Waals surface area contributed by atoms with Crippen molar-refractivity contribution in [2.24, 2.45) is 0 Å². The Morgan fingerprint density at radius 1 is 1.06 bits per heavy atom. The van der Waals surface area contributed by atoms with Crippen molar-refractivity contribution in [1.82, 2.24) is 24.8 Å². The summed E-state index contributed by atoms with van der Waals surface area (Å²) in [5, 5.41) is 4.05. The van der Waals surface area contributed by atoms with Crippen LogP contribution in [0.2, 0.25) is 0 Å². The predicted octanol–water partition coefficient (Wildman–Crippen LogP) is 0.828. The molecule has 0 radical (unpaired) electrons. The smallest absolute Gasteiger partial charge is 0.254 e. The number of benzene rings is 1. The molecule has 32 heavy (non-hydrogen) atoms. The number of nitrogens with zero attached hydrogens (tertiary/aromatic N) is 5. The summed E-state index contributed by atoms with van der Waals surface area (Å²) in [5.74, 6) is 1.86. The van der Waals surface area contributed by atoms with Gasteiger partial charge >= 0.3 is 0 Å². The van der Waals surface area contributed by atoms with Gasteiger partial charge in [0.05, 0.1) is 26.9 Å². The molecule has 2 amide bonds. The van der Waals surface area contributed by atoms with Crippen molar-refractivity contribution in [3.8, 4) is 5.75 Å². The van der Waals surface area contributed by atoms with E-state index in [9.17, 15) is 9.59 Å². The average Bonchev–Trinajstić information content (AvgIpc) is 3.30. The van der Waals surface area contributed by atoms with Gasteiger partial charge in [-0.1, -0.05) is 11.2 Å². The van der Waals surface area contributed by atoms with Gasteiger partial charge in [-0.05, 0) is 18.2 Å². The maximum Gasteiger partial charge on any atom is 0.254 e. The number of hydrogen-bond donors (Lipinski definition) is 0. The van der Waals surface area contributed by atoms with E-state index in [0.29, 0.717) is 81.8 Å². The number of carbonyl (C=O) groups excluding carboxylic acids is 2. The lowest BCUT2D eigenvalue weighted by molar-refractivity contribution is -0.135. The SMILES string of the molecule is COc1cccc(C(=O)N2CCN(Cc3noc(CCC(=O)N4CCOCC4)n3)CC2)c1. The van der Waals surface area contributed by atoms with Gasteiger partial charge in [-0.15, -0.1) is 0 Å². The molecule has 2 aliphatic rings. The number of piperazine rings is 1. The molecule has 0 spiro atoms. The van der Waals surface area contributed by atoms with E-state index >= 15 is 0 Å². The van der Waals surface area contributed by atoms with E-state index in [2.05, 4.69) is 15.0 Å². The van der Waals surface area contributed by atoms with Gasteiger partial charge in [0.15, 0.2) is 5.82 Å². The molecule has 3 heterocycles. The highest BCUT2D eigenvalue weighted by Crippen LogP contribution is 2.16. The zero-order chi connectivity index (χ0) is 22.3. The largest absolute Gasteiger partial charge is 0.497 e. The third-order valence-corrected chi connectivity index (χ3v) is 5.77. The third kappa shape index (κ3) is 5.63. The Balaban J connectivity index is 1.22. The zero-order valence-electron chi connectivity index (χ0n) is 18.4. The summed E-state index contributed by atoms with van der Waals surface area (Å²) in [4.78, 5) is 35.3. The quantitative estimate of drug-likeness (QED) is 0.620. The molecule has 0 atom stereocenters. The van der Waals surface area contributed by atoms with Gasteiger partial charge in [0.2, 0.25) is 11.8 Å². The number of carbonyl (C=O) groups is 2. The summed E-state index contributed by atoms with van der Waals surface area (Å²) in [6, 6.07) is 7.22. The number of hydrogen-bond acceptors (Lipinski definition) is 8. The van der Waals surface area contributed by atoms with Gasteiger partial charge in [0.25, 0.3) is 5.91 Å². The minimum atomic E-state index is 0.00957. The Hall–Kier alpha value is -2.98. The van der Waals surface area contributed by atoms with Crippen LogP contribution >= 0.6 is 0 Å². The number of aromatic nitrogens is 2. The minimum absolute atomic E-state index is 0.00957. The molecule has 1 aromatic carbocycles. The fourth-order valence-electron chi connectivity index (χ4n) is 3.89. The molecule has 10 nitrogen and oxygen atoms in total. The highest BCUT2D eigenvalue weighted by Gasteiger charge is 2.24. The Bertz CT molecular complexity index is 919. The van der Waals surface area contributed by atoms with Gasteiger partial charge in [-0.25, -0.2) is 0 Å². The van der Waals surface area contributed by atoms with Crippen LogP contribution in [0, 0.1) is 0 Å². The van der Waals surface area contributed by atoms with E-state index in [1.807, 2.05) is 28.0 Å². The summed E-state index contributed by atoms with van der Waals surface area (Å²) in [6.45, 7) is 5.75. The average molecular weight is 444 g/mol. The van der Waals surface area contributed by atoms with Crippen molar-refractivity contribution in [3.05, 3.63) is 41.5 Å². The maximum atomic E-state index is 12.8. The molecular weight excluding hydrogens is 414 g/mol. The van der Waals surface area contributed by atoms with Crippen LogP contribution < -0.4 is 4.74 Å². The van der Waals surface area contributed by atoms with E-state index < -0.39 is 0 Å². The molecule has 0 saturated carbocycles. The van der Waals surface area contributed by atoms with Gasteiger partial charge < -0.3 is 23.8 Å². The first-order valence-electron chi connectivity index (χ1n) is 10.9. The van der Waals surface area contributed by atoms with Crippen LogP contribution in [0.1, 0.15) is 28.5 Å². The molecule has 0 bridgehead atoms. The fourth-order valence-corrected chi connectivity index (χ4v) is 3.89. The summed E-state index contributed by atoms with van der Waals surface area (Å²) >= 11 is 0.